The molecular formula is C16H14BrN3O4. The van der Waals surface area contributed by atoms with Gasteiger partial charge in [-0.15, -0.1) is 0 Å². The van der Waals surface area contributed by atoms with Gasteiger partial charge in [0.2, 0.25) is 12.7 Å². The van der Waals surface area contributed by atoms with Gasteiger partial charge in [0.15, 0.2) is 11.5 Å². The molecule has 1 aromatic heterocycles. The molecule has 2 aromatic rings. The molecule has 3 heterocycles. The molecule has 1 saturated heterocycles. The highest BCUT2D eigenvalue weighted by atomic mass is 79.9. The summed E-state index contributed by atoms with van der Waals surface area (Å²) in [5.74, 6) is 1.86. The molecular weight excluding hydrogens is 378 g/mol. The molecule has 2 amide bonds. The molecule has 0 bridgehead atoms. The second-order valence-corrected chi connectivity index (χ2v) is 6.29. The number of pyridine rings is 1. The largest absolute Gasteiger partial charge is 0.470 e. The van der Waals surface area contributed by atoms with Gasteiger partial charge in [0.05, 0.1) is 17.6 Å². The third-order valence-corrected chi connectivity index (χ3v) is 4.37. The summed E-state index contributed by atoms with van der Waals surface area (Å²) in [7, 11) is 0. The summed E-state index contributed by atoms with van der Waals surface area (Å²) in [6, 6.07) is 8.82. The Hall–Kier alpha value is -2.48. The minimum absolute atomic E-state index is 0.0568. The fourth-order valence-corrected chi connectivity index (χ4v) is 2.82. The molecule has 0 unspecified atom stereocenters. The Morgan fingerprint density at radius 3 is 2.96 bits per heavy atom. The molecule has 2 aliphatic rings. The minimum atomic E-state index is -0.172. The molecule has 0 atom stereocenters. The normalized spacial score (nSPS) is 15.8. The van der Waals surface area contributed by atoms with E-state index in [2.05, 4.69) is 26.2 Å². The average molecular weight is 392 g/mol. The predicted molar refractivity (Wildman–Crippen MR) is 89.5 cm³/mol. The lowest BCUT2D eigenvalue weighted by Crippen LogP contribution is -2.57. The first-order chi connectivity index (χ1) is 11.7. The van der Waals surface area contributed by atoms with Crippen molar-refractivity contribution in [3.8, 4) is 17.4 Å². The van der Waals surface area contributed by atoms with E-state index in [0.717, 1.165) is 4.47 Å². The van der Waals surface area contributed by atoms with Crippen LogP contribution in [0.4, 0.5) is 10.5 Å². The van der Waals surface area contributed by atoms with Gasteiger partial charge in [-0.1, -0.05) is 0 Å². The number of urea groups is 1. The highest BCUT2D eigenvalue weighted by Crippen LogP contribution is 2.34. The number of nitrogens with one attached hydrogen (secondary N) is 1. The van der Waals surface area contributed by atoms with Crippen molar-refractivity contribution in [1.82, 2.24) is 9.88 Å². The lowest BCUT2D eigenvalue weighted by Gasteiger charge is -2.38. The highest BCUT2D eigenvalue weighted by molar-refractivity contribution is 9.10. The maximum atomic E-state index is 12.2. The van der Waals surface area contributed by atoms with Gasteiger partial charge in [-0.2, -0.15) is 0 Å². The Bertz CT molecular complexity index is 780. The van der Waals surface area contributed by atoms with Crippen LogP contribution < -0.4 is 19.5 Å². The number of benzene rings is 1. The SMILES string of the molecule is O=C(Nc1ccc2c(c1)OCO2)N1CC(Oc2ncccc2Br)C1. The summed E-state index contributed by atoms with van der Waals surface area (Å²) < 4.78 is 17.1. The van der Waals surface area contributed by atoms with Crippen molar-refractivity contribution in [2.75, 3.05) is 25.2 Å². The van der Waals surface area contributed by atoms with Gasteiger partial charge < -0.3 is 24.4 Å². The summed E-state index contributed by atoms with van der Waals surface area (Å²) in [4.78, 5) is 18.1. The fourth-order valence-electron chi connectivity index (χ4n) is 2.47. The van der Waals surface area contributed by atoms with Crippen LogP contribution in [0.1, 0.15) is 0 Å². The first-order valence-electron chi connectivity index (χ1n) is 7.42. The Morgan fingerprint density at radius 1 is 1.29 bits per heavy atom. The van der Waals surface area contributed by atoms with Crippen LogP contribution in [-0.4, -0.2) is 41.9 Å². The Labute approximate surface area is 146 Å². The maximum absolute atomic E-state index is 12.2. The smallest absolute Gasteiger partial charge is 0.322 e. The molecule has 0 spiro atoms. The van der Waals surface area contributed by atoms with Gasteiger partial charge in [-0.05, 0) is 40.2 Å². The van der Waals surface area contributed by atoms with Crippen LogP contribution in [0.5, 0.6) is 17.4 Å². The Balaban J connectivity index is 1.31. The van der Waals surface area contributed by atoms with Gasteiger partial charge in [0.1, 0.15) is 6.10 Å². The minimum Gasteiger partial charge on any atom is -0.470 e. The zero-order valence-corrected chi connectivity index (χ0v) is 14.2. The molecule has 1 fully saturated rings. The van der Waals surface area contributed by atoms with Gasteiger partial charge >= 0.3 is 6.03 Å². The molecule has 1 aromatic carbocycles. The molecule has 2 aliphatic heterocycles. The number of ether oxygens (including phenoxy) is 3. The number of anilines is 1. The number of fused-ring (bicyclic) bond motifs is 1. The van der Waals surface area contributed by atoms with Crippen LogP contribution in [0.15, 0.2) is 41.0 Å². The highest BCUT2D eigenvalue weighted by Gasteiger charge is 2.33. The maximum Gasteiger partial charge on any atom is 0.322 e. The van der Waals surface area contributed by atoms with Crippen molar-refractivity contribution < 1.29 is 19.0 Å². The summed E-state index contributed by atoms with van der Waals surface area (Å²) in [6.45, 7) is 1.24. The molecule has 7 nitrogen and oxygen atoms in total. The van der Waals surface area contributed by atoms with Gasteiger partial charge in [-0.25, -0.2) is 9.78 Å². The van der Waals surface area contributed by atoms with E-state index in [9.17, 15) is 4.79 Å². The average Bonchev–Trinajstić information content (AvgIpc) is 2.99. The van der Waals surface area contributed by atoms with E-state index in [1.54, 1.807) is 29.3 Å². The molecule has 0 radical (unpaired) electrons. The molecule has 0 saturated carbocycles. The summed E-state index contributed by atoms with van der Waals surface area (Å²) >= 11 is 3.39. The van der Waals surface area contributed by atoms with Crippen LogP contribution in [0.3, 0.4) is 0 Å². The second kappa shape index (κ2) is 6.20. The summed E-state index contributed by atoms with van der Waals surface area (Å²) in [5.41, 5.74) is 0.668. The van der Waals surface area contributed by atoms with Gasteiger partial charge in [0, 0.05) is 18.0 Å². The first-order valence-corrected chi connectivity index (χ1v) is 8.21. The molecule has 1 N–H and O–H groups in total. The van der Waals surface area contributed by atoms with Gasteiger partial charge in [-0.3, -0.25) is 0 Å². The zero-order chi connectivity index (χ0) is 16.5. The van der Waals surface area contributed by atoms with Crippen molar-refractivity contribution in [2.24, 2.45) is 0 Å². The van der Waals surface area contributed by atoms with Crippen molar-refractivity contribution in [2.45, 2.75) is 6.10 Å². The second-order valence-electron chi connectivity index (χ2n) is 5.43. The number of hydrogen-bond acceptors (Lipinski definition) is 5. The van der Waals surface area contributed by atoms with Crippen LogP contribution in [0.2, 0.25) is 0 Å². The first kappa shape index (κ1) is 15.1. The number of hydrogen-bond donors (Lipinski definition) is 1. The number of amides is 2. The van der Waals surface area contributed by atoms with E-state index < -0.39 is 0 Å². The predicted octanol–water partition coefficient (Wildman–Crippen LogP) is 2.87. The van der Waals surface area contributed by atoms with Gasteiger partial charge in [0.25, 0.3) is 0 Å². The fraction of sp³-hybridized carbons (Fsp3) is 0.250. The number of halogens is 1. The van der Waals surface area contributed by atoms with Crippen molar-refractivity contribution >= 4 is 27.6 Å². The Kier molecular flexibility index (Phi) is 3.89. The van der Waals surface area contributed by atoms with Crippen LogP contribution >= 0.6 is 15.9 Å². The number of nitrogens with zero attached hydrogens (tertiary/aromatic N) is 2. The third-order valence-electron chi connectivity index (χ3n) is 3.76. The van der Waals surface area contributed by atoms with E-state index >= 15 is 0 Å². The monoisotopic (exact) mass is 391 g/mol. The van der Waals surface area contributed by atoms with E-state index in [-0.39, 0.29) is 18.9 Å². The molecule has 0 aliphatic carbocycles. The molecule has 124 valence electrons. The van der Waals surface area contributed by atoms with Crippen molar-refractivity contribution in [3.63, 3.8) is 0 Å². The van der Waals surface area contributed by atoms with Crippen molar-refractivity contribution in [3.05, 3.63) is 41.0 Å². The van der Waals surface area contributed by atoms with E-state index in [1.807, 2.05) is 12.1 Å². The lowest BCUT2D eigenvalue weighted by atomic mass is 10.2. The van der Waals surface area contributed by atoms with Crippen LogP contribution in [0, 0.1) is 0 Å². The van der Waals surface area contributed by atoms with E-state index in [1.165, 1.54) is 0 Å². The molecule has 24 heavy (non-hydrogen) atoms. The quantitative estimate of drug-likeness (QED) is 0.870. The number of likely N-dealkylation sites (tertiary alicyclic amines) is 1. The summed E-state index contributed by atoms with van der Waals surface area (Å²) in [5, 5.41) is 2.84. The number of carbonyl (C=O) groups is 1. The molecule has 4 rings (SSSR count). The Morgan fingerprint density at radius 2 is 2.12 bits per heavy atom. The van der Waals surface area contributed by atoms with Crippen molar-refractivity contribution in [1.29, 1.82) is 0 Å². The topological polar surface area (TPSA) is 72.9 Å². The standard InChI is InChI=1S/C16H14BrN3O4/c17-12-2-1-5-18-15(12)24-11-7-20(8-11)16(21)19-10-3-4-13-14(6-10)23-9-22-13/h1-6,11H,7-9H2,(H,19,21). The number of rotatable bonds is 3. The molecule has 8 heteroatoms. The lowest BCUT2D eigenvalue weighted by molar-refractivity contribution is 0.0455. The third kappa shape index (κ3) is 2.96. The summed E-state index contributed by atoms with van der Waals surface area (Å²) in [6.07, 6.45) is 1.61. The zero-order valence-electron chi connectivity index (χ0n) is 12.6. The van der Waals surface area contributed by atoms with E-state index in [0.29, 0.717) is 36.2 Å². The van der Waals surface area contributed by atoms with Crippen LogP contribution in [-0.2, 0) is 0 Å². The van der Waals surface area contributed by atoms with Crippen LogP contribution in [0.25, 0.3) is 0 Å². The number of carbonyl (C=O) groups excluding carboxylic acids is 1. The number of aromatic nitrogens is 1. The van der Waals surface area contributed by atoms with E-state index in [4.69, 9.17) is 14.2 Å².